The van der Waals surface area contributed by atoms with Crippen LogP contribution in [0.4, 0.5) is 0 Å². The maximum absolute atomic E-state index is 4.44. The van der Waals surface area contributed by atoms with Crippen LogP contribution in [0.15, 0.2) is 24.4 Å². The lowest BCUT2D eigenvalue weighted by Crippen LogP contribution is -2.36. The first-order chi connectivity index (χ1) is 12.3. The second-order valence-corrected chi connectivity index (χ2v) is 7.19. The highest BCUT2D eigenvalue weighted by atomic mass is 15.6. The van der Waals surface area contributed by atoms with Gasteiger partial charge in [-0.05, 0) is 68.3 Å². The number of hydrogen-bond donors (Lipinski definition) is 0. The Balaban J connectivity index is 1.30. The molecule has 4 heterocycles. The van der Waals surface area contributed by atoms with Crippen molar-refractivity contribution in [2.45, 2.75) is 50.6 Å². The van der Waals surface area contributed by atoms with Crippen LogP contribution in [0.5, 0.6) is 0 Å². The Morgan fingerprint density at radius 2 is 1.88 bits per heavy atom. The highest BCUT2D eigenvalue weighted by Gasteiger charge is 2.33. The molecule has 3 aromatic heterocycles. The number of tetrazole rings is 1. The fourth-order valence-electron chi connectivity index (χ4n) is 3.90. The molecule has 8 heteroatoms. The lowest BCUT2D eigenvalue weighted by atomic mass is 9.95. The molecule has 130 valence electrons. The van der Waals surface area contributed by atoms with Gasteiger partial charge in [-0.3, -0.25) is 9.30 Å². The van der Waals surface area contributed by atoms with Crippen LogP contribution >= 0.6 is 0 Å². The van der Waals surface area contributed by atoms with E-state index in [9.17, 15) is 0 Å². The summed E-state index contributed by atoms with van der Waals surface area (Å²) in [6, 6.07) is 6.82. The van der Waals surface area contributed by atoms with Crippen molar-refractivity contribution in [1.29, 1.82) is 0 Å². The summed E-state index contributed by atoms with van der Waals surface area (Å²) in [6.45, 7) is 4.29. The number of piperidine rings is 1. The molecule has 0 spiro atoms. The van der Waals surface area contributed by atoms with Gasteiger partial charge in [0.2, 0.25) is 0 Å². The molecule has 0 amide bonds. The Hall–Kier alpha value is -2.35. The van der Waals surface area contributed by atoms with Crippen LogP contribution in [0.25, 0.3) is 5.65 Å². The first-order valence-electron chi connectivity index (χ1n) is 9.13. The third-order valence-corrected chi connectivity index (χ3v) is 5.57. The highest BCUT2D eigenvalue weighted by Crippen LogP contribution is 2.37. The molecule has 1 atom stereocenters. The van der Waals surface area contributed by atoms with E-state index in [1.807, 2.05) is 22.9 Å². The molecule has 1 saturated heterocycles. The number of rotatable bonds is 4. The zero-order valence-electron chi connectivity index (χ0n) is 14.4. The molecule has 1 saturated carbocycles. The number of pyridine rings is 1. The molecule has 1 aliphatic carbocycles. The molecule has 1 aliphatic heterocycles. The van der Waals surface area contributed by atoms with Gasteiger partial charge in [-0.1, -0.05) is 6.07 Å². The van der Waals surface area contributed by atoms with Gasteiger partial charge in [0.05, 0.1) is 12.1 Å². The second kappa shape index (κ2) is 5.87. The average Bonchev–Trinajstić information content (AvgIpc) is 3.23. The molecule has 2 fully saturated rings. The first-order valence-corrected chi connectivity index (χ1v) is 9.13. The van der Waals surface area contributed by atoms with Crippen molar-refractivity contribution in [2.75, 3.05) is 13.1 Å². The Morgan fingerprint density at radius 3 is 2.68 bits per heavy atom. The SMILES string of the molecule is C[C@H](c1nnnn1C1CC1)N1CCC(c2nnc3ccccn23)CC1. The molecule has 0 bridgehead atoms. The fraction of sp³-hybridized carbons (Fsp3) is 0.588. The lowest BCUT2D eigenvalue weighted by molar-refractivity contribution is 0.151. The maximum atomic E-state index is 4.44. The standard InChI is InChI=1S/C17H22N8/c1-12(16-20-21-22-25(16)14-5-6-14)23-10-7-13(8-11-23)17-19-18-15-4-2-3-9-24(15)17/h2-4,9,12-14H,5-8,10-11H2,1H3/t12-/m1/s1. The van der Waals surface area contributed by atoms with Crippen molar-refractivity contribution < 1.29 is 0 Å². The van der Waals surface area contributed by atoms with Crippen molar-refractivity contribution >= 4 is 5.65 Å². The topological polar surface area (TPSA) is 77.0 Å². The molecular weight excluding hydrogens is 316 g/mol. The second-order valence-electron chi connectivity index (χ2n) is 7.19. The van der Waals surface area contributed by atoms with E-state index in [0.29, 0.717) is 12.0 Å². The molecule has 0 radical (unpaired) electrons. The van der Waals surface area contributed by atoms with Crippen molar-refractivity contribution in [1.82, 2.24) is 39.7 Å². The quantitative estimate of drug-likeness (QED) is 0.724. The van der Waals surface area contributed by atoms with Gasteiger partial charge in [0.25, 0.3) is 0 Å². The van der Waals surface area contributed by atoms with Crippen LogP contribution in [0, 0.1) is 0 Å². The summed E-state index contributed by atoms with van der Waals surface area (Å²) in [6.07, 6.45) is 6.64. The van der Waals surface area contributed by atoms with Crippen LogP contribution in [0.1, 0.15) is 62.3 Å². The van der Waals surface area contributed by atoms with Gasteiger partial charge >= 0.3 is 0 Å². The Kier molecular flexibility index (Phi) is 3.51. The zero-order valence-corrected chi connectivity index (χ0v) is 14.4. The molecule has 25 heavy (non-hydrogen) atoms. The van der Waals surface area contributed by atoms with Gasteiger partial charge < -0.3 is 0 Å². The predicted molar refractivity (Wildman–Crippen MR) is 91.0 cm³/mol. The monoisotopic (exact) mass is 338 g/mol. The minimum Gasteiger partial charge on any atom is -0.294 e. The van der Waals surface area contributed by atoms with E-state index < -0.39 is 0 Å². The van der Waals surface area contributed by atoms with Crippen LogP contribution in [0.3, 0.4) is 0 Å². The maximum Gasteiger partial charge on any atom is 0.168 e. The van der Waals surface area contributed by atoms with Gasteiger partial charge in [0.1, 0.15) is 5.82 Å². The van der Waals surface area contributed by atoms with Crippen LogP contribution < -0.4 is 0 Å². The number of aromatic nitrogens is 7. The molecule has 5 rings (SSSR count). The third-order valence-electron chi connectivity index (χ3n) is 5.57. The van der Waals surface area contributed by atoms with Crippen LogP contribution in [-0.2, 0) is 0 Å². The summed E-state index contributed by atoms with van der Waals surface area (Å²) in [5.41, 5.74) is 0.928. The van der Waals surface area contributed by atoms with Crippen LogP contribution in [0.2, 0.25) is 0 Å². The number of fused-ring (bicyclic) bond motifs is 1. The van der Waals surface area contributed by atoms with E-state index in [2.05, 4.69) is 48.1 Å². The van der Waals surface area contributed by atoms with E-state index in [1.54, 1.807) is 0 Å². The van der Waals surface area contributed by atoms with E-state index in [-0.39, 0.29) is 6.04 Å². The number of hydrogen-bond acceptors (Lipinski definition) is 6. The fourth-order valence-corrected chi connectivity index (χ4v) is 3.90. The Bertz CT molecular complexity index is 872. The van der Waals surface area contributed by atoms with E-state index in [4.69, 9.17) is 0 Å². The van der Waals surface area contributed by atoms with Gasteiger partial charge in [-0.25, -0.2) is 4.68 Å². The summed E-state index contributed by atoms with van der Waals surface area (Å²) in [5, 5.41) is 21.1. The van der Waals surface area contributed by atoms with Crippen molar-refractivity contribution in [3.8, 4) is 0 Å². The minimum absolute atomic E-state index is 0.256. The summed E-state index contributed by atoms with van der Waals surface area (Å²) in [5.74, 6) is 2.56. The minimum atomic E-state index is 0.256. The predicted octanol–water partition coefficient (Wildman–Crippen LogP) is 1.99. The molecule has 0 unspecified atom stereocenters. The van der Waals surface area contributed by atoms with E-state index in [1.165, 1.54) is 12.8 Å². The van der Waals surface area contributed by atoms with Crippen molar-refractivity contribution in [3.05, 3.63) is 36.0 Å². The summed E-state index contributed by atoms with van der Waals surface area (Å²) >= 11 is 0. The smallest absolute Gasteiger partial charge is 0.168 e. The van der Waals surface area contributed by atoms with Crippen LogP contribution in [-0.4, -0.2) is 52.8 Å². The Labute approximate surface area is 145 Å². The largest absolute Gasteiger partial charge is 0.294 e. The number of likely N-dealkylation sites (tertiary alicyclic amines) is 1. The molecule has 8 nitrogen and oxygen atoms in total. The van der Waals surface area contributed by atoms with Gasteiger partial charge in [0, 0.05) is 12.1 Å². The number of nitrogens with zero attached hydrogens (tertiary/aromatic N) is 8. The molecular formula is C17H22N8. The van der Waals surface area contributed by atoms with Crippen molar-refractivity contribution in [2.24, 2.45) is 0 Å². The van der Waals surface area contributed by atoms with E-state index in [0.717, 1.165) is 43.2 Å². The van der Waals surface area contributed by atoms with Gasteiger partial charge in [-0.15, -0.1) is 15.3 Å². The average molecular weight is 338 g/mol. The molecule has 3 aromatic rings. The van der Waals surface area contributed by atoms with Gasteiger partial charge in [0.15, 0.2) is 11.5 Å². The van der Waals surface area contributed by atoms with Crippen molar-refractivity contribution in [3.63, 3.8) is 0 Å². The van der Waals surface area contributed by atoms with Gasteiger partial charge in [-0.2, -0.15) is 0 Å². The molecule has 0 aromatic carbocycles. The zero-order chi connectivity index (χ0) is 16.8. The third kappa shape index (κ3) is 2.60. The normalized spacial score (nSPS) is 21.0. The summed E-state index contributed by atoms with van der Waals surface area (Å²) in [4.78, 5) is 2.49. The molecule has 2 aliphatic rings. The van der Waals surface area contributed by atoms with E-state index >= 15 is 0 Å². The lowest BCUT2D eigenvalue weighted by Gasteiger charge is -2.34. The summed E-state index contributed by atoms with van der Waals surface area (Å²) < 4.78 is 4.15. The highest BCUT2D eigenvalue weighted by molar-refractivity contribution is 5.37. The Morgan fingerprint density at radius 1 is 1.04 bits per heavy atom. The first kappa shape index (κ1) is 14.9. The molecule has 0 N–H and O–H groups in total. The summed E-state index contributed by atoms with van der Waals surface area (Å²) in [7, 11) is 0.